The standard InChI is InChI=1S/C24H27N9O4S/c1-4-13(2)33-22-17(11-28-20(32-22)18-19(14-5-6-14)29-12-30-23(18)37-3)31-21(24(33)34)27-9-15-7-8-16(10-26-15)38(25,35)36/h7-8,10-14H,4-6,9H2,1-3H3,(H,27,31)(H2,25,35,36)/t13-/m0/s1. The molecule has 38 heavy (non-hydrogen) atoms. The van der Waals surface area contributed by atoms with Crippen LogP contribution in [0.5, 0.6) is 5.88 Å². The summed E-state index contributed by atoms with van der Waals surface area (Å²) in [7, 11) is -2.31. The number of hydrogen-bond acceptors (Lipinski definition) is 11. The first-order chi connectivity index (χ1) is 18.2. The second kappa shape index (κ2) is 10.0. The quantitative estimate of drug-likeness (QED) is 0.319. The molecular formula is C24H27N9O4S. The summed E-state index contributed by atoms with van der Waals surface area (Å²) in [6, 6.07) is 2.70. The minimum atomic E-state index is -3.85. The molecule has 0 spiro atoms. The first-order valence-corrected chi connectivity index (χ1v) is 13.7. The molecule has 0 radical (unpaired) electrons. The van der Waals surface area contributed by atoms with Crippen LogP contribution in [0, 0.1) is 0 Å². The van der Waals surface area contributed by atoms with Gasteiger partial charge < -0.3 is 10.1 Å². The number of aromatic nitrogens is 7. The van der Waals surface area contributed by atoms with Crippen molar-refractivity contribution in [2.75, 3.05) is 12.4 Å². The summed E-state index contributed by atoms with van der Waals surface area (Å²) in [5.41, 5.74) is 2.43. The second-order valence-electron chi connectivity index (χ2n) is 9.10. The molecule has 0 saturated heterocycles. The zero-order valence-corrected chi connectivity index (χ0v) is 21.9. The van der Waals surface area contributed by atoms with Gasteiger partial charge >= 0.3 is 0 Å². The molecule has 1 fully saturated rings. The number of sulfonamides is 1. The van der Waals surface area contributed by atoms with E-state index in [1.54, 1.807) is 10.8 Å². The summed E-state index contributed by atoms with van der Waals surface area (Å²) in [5.74, 6) is 1.15. The second-order valence-corrected chi connectivity index (χ2v) is 10.7. The van der Waals surface area contributed by atoms with Crippen molar-refractivity contribution in [2.45, 2.75) is 56.5 Å². The monoisotopic (exact) mass is 537 g/mol. The number of fused-ring (bicyclic) bond motifs is 1. The van der Waals surface area contributed by atoms with Gasteiger partial charge in [-0.25, -0.2) is 38.5 Å². The van der Waals surface area contributed by atoms with Gasteiger partial charge in [-0.2, -0.15) is 0 Å². The van der Waals surface area contributed by atoms with E-state index in [4.69, 9.17) is 14.9 Å². The molecule has 13 nitrogen and oxygen atoms in total. The number of hydrogen-bond donors (Lipinski definition) is 2. The molecule has 3 N–H and O–H groups in total. The van der Waals surface area contributed by atoms with E-state index in [1.165, 1.54) is 31.8 Å². The van der Waals surface area contributed by atoms with Crippen molar-refractivity contribution in [1.29, 1.82) is 0 Å². The summed E-state index contributed by atoms with van der Waals surface area (Å²) in [6.45, 7) is 4.05. The van der Waals surface area contributed by atoms with E-state index in [2.05, 4.69) is 30.2 Å². The number of ether oxygens (including phenoxy) is 1. The van der Waals surface area contributed by atoms with E-state index in [1.807, 2.05) is 13.8 Å². The van der Waals surface area contributed by atoms with Crippen LogP contribution in [0.25, 0.3) is 22.6 Å². The van der Waals surface area contributed by atoms with E-state index in [-0.39, 0.29) is 28.9 Å². The SMILES string of the molecule is CC[C@H](C)n1c(=O)c(NCc2ccc(S(N)(=O)=O)cn2)nc2cnc(-c3c(OC)ncnc3C3CC3)nc21. The fourth-order valence-corrected chi connectivity index (χ4v) is 4.56. The van der Waals surface area contributed by atoms with Gasteiger partial charge in [-0.15, -0.1) is 0 Å². The fraction of sp³-hybridized carbons (Fsp3) is 0.375. The minimum Gasteiger partial charge on any atom is -0.480 e. The van der Waals surface area contributed by atoms with Crippen LogP contribution in [0.1, 0.15) is 56.5 Å². The Morgan fingerprint density at radius 1 is 1.16 bits per heavy atom. The number of nitrogens with one attached hydrogen (secondary N) is 1. The highest BCUT2D eigenvalue weighted by Crippen LogP contribution is 2.44. The van der Waals surface area contributed by atoms with Gasteiger partial charge in [-0.05, 0) is 38.3 Å². The molecule has 1 atom stereocenters. The van der Waals surface area contributed by atoms with E-state index in [0.29, 0.717) is 46.5 Å². The third kappa shape index (κ3) is 4.91. The van der Waals surface area contributed by atoms with Crippen molar-refractivity contribution < 1.29 is 13.2 Å². The van der Waals surface area contributed by atoms with Gasteiger partial charge in [0.1, 0.15) is 22.3 Å². The van der Waals surface area contributed by atoms with Gasteiger partial charge in [0.25, 0.3) is 5.56 Å². The topological polar surface area (TPSA) is 181 Å². The van der Waals surface area contributed by atoms with E-state index >= 15 is 0 Å². The number of pyridine rings is 1. The molecule has 1 aliphatic rings. The van der Waals surface area contributed by atoms with Crippen LogP contribution in [-0.4, -0.2) is 50.0 Å². The number of anilines is 1. The highest BCUT2D eigenvalue weighted by molar-refractivity contribution is 7.89. The molecule has 0 aromatic carbocycles. The predicted molar refractivity (Wildman–Crippen MR) is 139 cm³/mol. The zero-order valence-electron chi connectivity index (χ0n) is 21.1. The summed E-state index contributed by atoms with van der Waals surface area (Å²) in [6.07, 6.45) is 6.94. The van der Waals surface area contributed by atoms with Crippen LogP contribution in [0.15, 0.2) is 40.5 Å². The zero-order chi connectivity index (χ0) is 27.0. The third-order valence-electron chi connectivity index (χ3n) is 6.45. The highest BCUT2D eigenvalue weighted by atomic mass is 32.2. The smallest absolute Gasteiger partial charge is 0.295 e. The first-order valence-electron chi connectivity index (χ1n) is 12.1. The van der Waals surface area contributed by atoms with Gasteiger partial charge in [0.05, 0.1) is 31.2 Å². The molecule has 4 heterocycles. The maximum atomic E-state index is 13.6. The Labute approximate surface area is 218 Å². The lowest BCUT2D eigenvalue weighted by Gasteiger charge is -2.18. The molecule has 0 unspecified atom stereocenters. The fourth-order valence-electron chi connectivity index (χ4n) is 4.10. The van der Waals surface area contributed by atoms with E-state index in [9.17, 15) is 13.2 Å². The maximum Gasteiger partial charge on any atom is 0.295 e. The lowest BCUT2D eigenvalue weighted by molar-refractivity contribution is 0.397. The number of nitrogens with two attached hydrogens (primary N) is 1. The van der Waals surface area contributed by atoms with Crippen LogP contribution in [0.4, 0.5) is 5.82 Å². The molecule has 0 bridgehead atoms. The van der Waals surface area contributed by atoms with E-state index in [0.717, 1.165) is 18.5 Å². The Morgan fingerprint density at radius 3 is 2.58 bits per heavy atom. The van der Waals surface area contributed by atoms with Crippen LogP contribution < -0.4 is 20.8 Å². The third-order valence-corrected chi connectivity index (χ3v) is 7.35. The Kier molecular flexibility index (Phi) is 6.75. The number of methoxy groups -OCH3 is 1. The molecule has 5 rings (SSSR count). The lowest BCUT2D eigenvalue weighted by atomic mass is 10.1. The van der Waals surface area contributed by atoms with Crippen LogP contribution in [0.3, 0.4) is 0 Å². The average molecular weight is 538 g/mol. The van der Waals surface area contributed by atoms with Crippen molar-refractivity contribution in [2.24, 2.45) is 5.14 Å². The molecule has 1 aliphatic carbocycles. The van der Waals surface area contributed by atoms with Crippen LogP contribution in [-0.2, 0) is 16.6 Å². The van der Waals surface area contributed by atoms with Crippen LogP contribution >= 0.6 is 0 Å². The Morgan fingerprint density at radius 2 is 1.95 bits per heavy atom. The summed E-state index contributed by atoms with van der Waals surface area (Å²) in [4.78, 5) is 40.1. The maximum absolute atomic E-state index is 13.6. The first kappa shape index (κ1) is 25.6. The van der Waals surface area contributed by atoms with Crippen molar-refractivity contribution in [3.8, 4) is 17.3 Å². The molecule has 0 amide bonds. The van der Waals surface area contributed by atoms with Crippen molar-refractivity contribution in [3.05, 3.63) is 52.6 Å². The largest absolute Gasteiger partial charge is 0.480 e. The summed E-state index contributed by atoms with van der Waals surface area (Å²) < 4.78 is 30.0. The number of rotatable bonds is 9. The molecule has 4 aromatic heterocycles. The van der Waals surface area contributed by atoms with Gasteiger partial charge in [0, 0.05) is 18.2 Å². The number of nitrogens with zero attached hydrogens (tertiary/aromatic N) is 7. The lowest BCUT2D eigenvalue weighted by Crippen LogP contribution is -2.28. The van der Waals surface area contributed by atoms with Gasteiger partial charge in [0.15, 0.2) is 17.3 Å². The molecule has 14 heteroatoms. The Balaban J connectivity index is 1.56. The normalized spacial score (nSPS) is 14.4. The summed E-state index contributed by atoms with van der Waals surface area (Å²) >= 11 is 0. The molecule has 4 aromatic rings. The van der Waals surface area contributed by atoms with Gasteiger partial charge in [0.2, 0.25) is 15.9 Å². The number of primary sulfonamides is 1. The Bertz CT molecular complexity index is 1670. The Hall–Kier alpha value is -4.04. The van der Waals surface area contributed by atoms with Crippen molar-refractivity contribution in [3.63, 3.8) is 0 Å². The van der Waals surface area contributed by atoms with Crippen molar-refractivity contribution >= 4 is 27.0 Å². The van der Waals surface area contributed by atoms with E-state index < -0.39 is 10.0 Å². The average Bonchev–Trinajstić information content (AvgIpc) is 3.76. The predicted octanol–water partition coefficient (Wildman–Crippen LogP) is 2.15. The van der Waals surface area contributed by atoms with Gasteiger partial charge in [-0.3, -0.25) is 14.3 Å². The van der Waals surface area contributed by atoms with Gasteiger partial charge in [-0.1, -0.05) is 6.92 Å². The van der Waals surface area contributed by atoms with Crippen molar-refractivity contribution in [1.82, 2.24) is 34.5 Å². The molecular weight excluding hydrogens is 510 g/mol. The summed E-state index contributed by atoms with van der Waals surface area (Å²) in [5, 5.41) is 8.14. The molecule has 198 valence electrons. The molecule has 0 aliphatic heterocycles. The highest BCUT2D eigenvalue weighted by Gasteiger charge is 2.31. The molecule has 1 saturated carbocycles. The van der Waals surface area contributed by atoms with Crippen LogP contribution in [0.2, 0.25) is 0 Å². The minimum absolute atomic E-state index is 0.0950.